The van der Waals surface area contributed by atoms with E-state index in [4.69, 9.17) is 4.74 Å². The van der Waals surface area contributed by atoms with Gasteiger partial charge in [0, 0.05) is 10.6 Å². The van der Waals surface area contributed by atoms with Crippen molar-refractivity contribution in [2.75, 3.05) is 18.2 Å². The summed E-state index contributed by atoms with van der Waals surface area (Å²) >= 11 is 2.93. The van der Waals surface area contributed by atoms with Crippen molar-refractivity contribution in [2.24, 2.45) is 0 Å². The lowest BCUT2D eigenvalue weighted by Crippen LogP contribution is -2.15. The number of anilines is 1. The number of H-pyrrole nitrogens is 1. The summed E-state index contributed by atoms with van der Waals surface area (Å²) in [4.78, 5) is 33.4. The van der Waals surface area contributed by atoms with Crippen LogP contribution in [0.3, 0.4) is 0 Å². The molecule has 2 N–H and O–H groups in total. The lowest BCUT2D eigenvalue weighted by molar-refractivity contribution is -0.113. The summed E-state index contributed by atoms with van der Waals surface area (Å²) in [5.41, 5.74) is 1.58. The number of thioether (sulfide) groups is 1. The molecule has 1 amide bonds. The van der Waals surface area contributed by atoms with E-state index < -0.39 is 0 Å². The maximum absolute atomic E-state index is 12.2. The average molecular weight is 390 g/mol. The molecular weight excluding hydrogens is 370 g/mol. The third-order valence-corrected chi connectivity index (χ3v) is 5.98. The van der Waals surface area contributed by atoms with E-state index in [1.165, 1.54) is 23.1 Å². The molecule has 0 radical (unpaired) electrons. The molecule has 0 saturated heterocycles. The number of hydrogen-bond acceptors (Lipinski definition) is 6. The summed E-state index contributed by atoms with van der Waals surface area (Å²) in [5, 5.41) is 3.49. The smallest absolute Gasteiger partial charge is 0.259 e. The van der Waals surface area contributed by atoms with Crippen molar-refractivity contribution in [1.82, 2.24) is 9.97 Å². The van der Waals surface area contributed by atoms with Gasteiger partial charge < -0.3 is 15.0 Å². The standard InChI is InChI=1S/C18H19N3O3S2/c1-10-11(2)26-18-16(10)17(23)20-14(21-18)8-25-9-15(22)19-12-4-6-13(24-3)7-5-12/h4-7H,8-9H2,1-3H3,(H,19,22)(H,20,21,23). The highest BCUT2D eigenvalue weighted by atomic mass is 32.2. The Bertz CT molecular complexity index is 993. The Balaban J connectivity index is 1.58. The van der Waals surface area contributed by atoms with Crippen LogP contribution in [0.15, 0.2) is 29.1 Å². The van der Waals surface area contributed by atoms with Crippen molar-refractivity contribution in [3.05, 3.63) is 50.9 Å². The van der Waals surface area contributed by atoms with Crippen molar-refractivity contribution in [2.45, 2.75) is 19.6 Å². The van der Waals surface area contributed by atoms with E-state index in [1.807, 2.05) is 13.8 Å². The Morgan fingerprint density at radius 3 is 2.73 bits per heavy atom. The maximum Gasteiger partial charge on any atom is 0.259 e. The molecule has 0 aliphatic rings. The van der Waals surface area contributed by atoms with Gasteiger partial charge in [0.1, 0.15) is 16.4 Å². The van der Waals surface area contributed by atoms with Crippen molar-refractivity contribution < 1.29 is 9.53 Å². The predicted octanol–water partition coefficient (Wildman–Crippen LogP) is 3.48. The van der Waals surface area contributed by atoms with E-state index in [-0.39, 0.29) is 17.2 Å². The lowest BCUT2D eigenvalue weighted by Gasteiger charge is -2.06. The number of aryl methyl sites for hydroxylation is 2. The van der Waals surface area contributed by atoms with Crippen LogP contribution < -0.4 is 15.6 Å². The van der Waals surface area contributed by atoms with Gasteiger partial charge in [-0.25, -0.2) is 4.98 Å². The number of nitrogens with zero attached hydrogens (tertiary/aromatic N) is 1. The Morgan fingerprint density at radius 1 is 1.31 bits per heavy atom. The highest BCUT2D eigenvalue weighted by Gasteiger charge is 2.12. The van der Waals surface area contributed by atoms with Crippen LogP contribution in [0, 0.1) is 13.8 Å². The highest BCUT2D eigenvalue weighted by molar-refractivity contribution is 7.99. The highest BCUT2D eigenvalue weighted by Crippen LogP contribution is 2.26. The number of aromatic nitrogens is 2. The first-order valence-electron chi connectivity index (χ1n) is 7.98. The molecular formula is C18H19N3O3S2. The van der Waals surface area contributed by atoms with Gasteiger partial charge in [-0.1, -0.05) is 0 Å². The van der Waals surface area contributed by atoms with Crippen LogP contribution in [0.5, 0.6) is 5.75 Å². The zero-order valence-electron chi connectivity index (χ0n) is 14.7. The second kappa shape index (κ2) is 7.92. The molecule has 8 heteroatoms. The molecule has 3 aromatic rings. The number of amides is 1. The summed E-state index contributed by atoms with van der Waals surface area (Å²) in [7, 11) is 1.60. The molecule has 0 bridgehead atoms. The first-order valence-corrected chi connectivity index (χ1v) is 9.95. The first kappa shape index (κ1) is 18.5. The number of aromatic amines is 1. The summed E-state index contributed by atoms with van der Waals surface area (Å²) in [5.74, 6) is 1.97. The van der Waals surface area contributed by atoms with Crippen molar-refractivity contribution in [3.63, 3.8) is 0 Å². The molecule has 0 saturated carbocycles. The number of carbonyl (C=O) groups is 1. The minimum absolute atomic E-state index is 0.105. The van der Waals surface area contributed by atoms with E-state index in [0.717, 1.165) is 21.0 Å². The number of benzene rings is 1. The van der Waals surface area contributed by atoms with E-state index in [9.17, 15) is 9.59 Å². The van der Waals surface area contributed by atoms with Gasteiger partial charge in [-0.2, -0.15) is 0 Å². The van der Waals surface area contributed by atoms with Crippen molar-refractivity contribution in [1.29, 1.82) is 0 Å². The number of hydrogen-bond donors (Lipinski definition) is 2. The van der Waals surface area contributed by atoms with Gasteiger partial charge in [0.15, 0.2) is 0 Å². The molecule has 0 spiro atoms. The van der Waals surface area contributed by atoms with Crippen LogP contribution in [-0.4, -0.2) is 28.7 Å². The third-order valence-electron chi connectivity index (χ3n) is 3.93. The third kappa shape index (κ3) is 4.08. The Labute approximate surface area is 159 Å². The first-order chi connectivity index (χ1) is 12.5. The number of ether oxygens (including phenoxy) is 1. The van der Waals surface area contributed by atoms with Gasteiger partial charge in [0.2, 0.25) is 5.91 Å². The molecule has 1 aromatic carbocycles. The second-order valence-corrected chi connectivity index (χ2v) is 7.93. The van der Waals surface area contributed by atoms with Gasteiger partial charge >= 0.3 is 0 Å². The molecule has 0 aliphatic carbocycles. The van der Waals surface area contributed by atoms with Crippen LogP contribution in [0.1, 0.15) is 16.3 Å². The van der Waals surface area contributed by atoms with Crippen LogP contribution in [0.4, 0.5) is 5.69 Å². The van der Waals surface area contributed by atoms with Crippen LogP contribution in [0.2, 0.25) is 0 Å². The molecule has 0 atom stereocenters. The number of fused-ring (bicyclic) bond motifs is 1. The van der Waals surface area contributed by atoms with Gasteiger partial charge in [-0.15, -0.1) is 23.1 Å². The lowest BCUT2D eigenvalue weighted by atomic mass is 10.2. The molecule has 0 aliphatic heterocycles. The van der Waals surface area contributed by atoms with Crippen LogP contribution >= 0.6 is 23.1 Å². The van der Waals surface area contributed by atoms with Crippen LogP contribution in [-0.2, 0) is 10.5 Å². The molecule has 0 fully saturated rings. The van der Waals surface area contributed by atoms with Crippen molar-refractivity contribution in [3.8, 4) is 5.75 Å². The quantitative estimate of drug-likeness (QED) is 0.674. The monoisotopic (exact) mass is 389 g/mol. The van der Waals surface area contributed by atoms with E-state index in [0.29, 0.717) is 22.7 Å². The number of rotatable bonds is 6. The second-order valence-electron chi connectivity index (χ2n) is 5.75. The maximum atomic E-state index is 12.2. The van der Waals surface area contributed by atoms with Crippen LogP contribution in [0.25, 0.3) is 10.2 Å². The number of thiophene rings is 1. The summed E-state index contributed by atoms with van der Waals surface area (Å²) in [6, 6.07) is 7.15. The molecule has 3 rings (SSSR count). The Hall–Kier alpha value is -2.32. The zero-order chi connectivity index (χ0) is 18.7. The SMILES string of the molecule is COc1ccc(NC(=O)CSCc2nc3sc(C)c(C)c3c(=O)[nH]2)cc1. The zero-order valence-corrected chi connectivity index (χ0v) is 16.3. The summed E-state index contributed by atoms with van der Waals surface area (Å²) in [6.45, 7) is 3.92. The minimum atomic E-state index is -0.116. The predicted molar refractivity (Wildman–Crippen MR) is 108 cm³/mol. The minimum Gasteiger partial charge on any atom is -0.497 e. The topological polar surface area (TPSA) is 84.1 Å². The average Bonchev–Trinajstić information content (AvgIpc) is 2.90. The Kier molecular flexibility index (Phi) is 5.63. The Morgan fingerprint density at radius 2 is 2.04 bits per heavy atom. The normalized spacial score (nSPS) is 10.9. The van der Waals surface area contributed by atoms with E-state index in [2.05, 4.69) is 15.3 Å². The summed E-state index contributed by atoms with van der Waals surface area (Å²) in [6.07, 6.45) is 0. The fourth-order valence-electron chi connectivity index (χ4n) is 2.48. The molecule has 2 heterocycles. The molecule has 26 heavy (non-hydrogen) atoms. The molecule has 136 valence electrons. The number of nitrogens with one attached hydrogen (secondary N) is 2. The molecule has 2 aromatic heterocycles. The van der Waals surface area contributed by atoms with Gasteiger partial charge in [0.25, 0.3) is 5.56 Å². The molecule has 6 nitrogen and oxygen atoms in total. The largest absolute Gasteiger partial charge is 0.497 e. The van der Waals surface area contributed by atoms with Crippen molar-refractivity contribution >= 4 is 44.9 Å². The van der Waals surface area contributed by atoms with Gasteiger partial charge in [-0.3, -0.25) is 9.59 Å². The van der Waals surface area contributed by atoms with Gasteiger partial charge in [-0.05, 0) is 43.7 Å². The van der Waals surface area contributed by atoms with E-state index >= 15 is 0 Å². The number of methoxy groups -OCH3 is 1. The fourth-order valence-corrected chi connectivity index (χ4v) is 4.22. The summed E-state index contributed by atoms with van der Waals surface area (Å²) < 4.78 is 5.09. The van der Waals surface area contributed by atoms with Gasteiger partial charge in [0.05, 0.1) is 24.0 Å². The fraction of sp³-hybridized carbons (Fsp3) is 0.278. The molecule has 0 unspecified atom stereocenters. The van der Waals surface area contributed by atoms with E-state index in [1.54, 1.807) is 31.4 Å². The number of carbonyl (C=O) groups excluding carboxylic acids is 1.